The summed E-state index contributed by atoms with van der Waals surface area (Å²) in [7, 11) is 0. The highest BCUT2D eigenvalue weighted by Gasteiger charge is 2.11. The third kappa shape index (κ3) is 2.54. The van der Waals surface area contributed by atoms with Crippen molar-refractivity contribution in [1.29, 1.82) is 0 Å². The van der Waals surface area contributed by atoms with Gasteiger partial charge in [0.2, 0.25) is 0 Å². The molecule has 5 nitrogen and oxygen atoms in total. The number of rotatable bonds is 3. The van der Waals surface area contributed by atoms with Crippen LogP contribution < -0.4 is 10.5 Å². The third-order valence-corrected chi connectivity index (χ3v) is 1.35. The minimum Gasteiger partial charge on any atom is -0.434 e. The number of alkyl halides is 2. The highest BCUT2D eigenvalue weighted by atomic mass is 19.3. The third-order valence-electron chi connectivity index (χ3n) is 1.35. The molecule has 0 saturated heterocycles. The Labute approximate surface area is 77.2 Å². The highest BCUT2D eigenvalue weighted by Crippen LogP contribution is 2.25. The van der Waals surface area contributed by atoms with E-state index in [1.807, 2.05) is 0 Å². The molecule has 0 aromatic heterocycles. The van der Waals surface area contributed by atoms with Crippen LogP contribution in [-0.2, 0) is 0 Å². The van der Waals surface area contributed by atoms with Crippen molar-refractivity contribution < 1.29 is 18.4 Å². The number of anilines is 1. The molecule has 2 N–H and O–H groups in total. The smallest absolute Gasteiger partial charge is 0.387 e. The van der Waals surface area contributed by atoms with Crippen LogP contribution in [0, 0.1) is 10.1 Å². The molecule has 0 aliphatic heterocycles. The lowest BCUT2D eigenvalue weighted by Gasteiger charge is -2.04. The van der Waals surface area contributed by atoms with E-state index in [2.05, 4.69) is 4.74 Å². The Bertz CT molecular complexity index is 357. The molecule has 0 atom stereocenters. The minimum atomic E-state index is -3.03. The normalized spacial score (nSPS) is 10.2. The number of non-ortho nitro benzene ring substituents is 1. The largest absolute Gasteiger partial charge is 0.434 e. The minimum absolute atomic E-state index is 0.00477. The maximum absolute atomic E-state index is 11.8. The Hall–Kier alpha value is -1.92. The van der Waals surface area contributed by atoms with Crippen molar-refractivity contribution in [3.63, 3.8) is 0 Å². The van der Waals surface area contributed by atoms with Gasteiger partial charge >= 0.3 is 6.61 Å². The van der Waals surface area contributed by atoms with Crippen molar-refractivity contribution in [2.75, 3.05) is 5.73 Å². The van der Waals surface area contributed by atoms with Crippen LogP contribution >= 0.6 is 0 Å². The summed E-state index contributed by atoms with van der Waals surface area (Å²) in [6, 6.07) is 3.01. The highest BCUT2D eigenvalue weighted by molar-refractivity contribution is 5.53. The van der Waals surface area contributed by atoms with E-state index in [0.717, 1.165) is 18.2 Å². The van der Waals surface area contributed by atoms with Crippen molar-refractivity contribution >= 4 is 11.4 Å². The van der Waals surface area contributed by atoms with E-state index in [-0.39, 0.29) is 17.1 Å². The molecule has 0 amide bonds. The van der Waals surface area contributed by atoms with Crippen LogP contribution in [0.2, 0.25) is 0 Å². The van der Waals surface area contributed by atoms with Crippen LogP contribution in [0.1, 0.15) is 0 Å². The van der Waals surface area contributed by atoms with Gasteiger partial charge in [0.1, 0.15) is 5.75 Å². The molecule has 0 aliphatic rings. The SMILES string of the molecule is Nc1cc(OC(F)F)cc([N+](=O)[O-])c1. The monoisotopic (exact) mass is 204 g/mol. The Morgan fingerprint density at radius 3 is 2.57 bits per heavy atom. The number of hydrogen-bond acceptors (Lipinski definition) is 4. The second-order valence-corrected chi connectivity index (χ2v) is 2.40. The Morgan fingerprint density at radius 2 is 2.07 bits per heavy atom. The molecule has 1 rings (SSSR count). The van der Waals surface area contributed by atoms with Gasteiger partial charge in [0.15, 0.2) is 0 Å². The van der Waals surface area contributed by atoms with Gasteiger partial charge in [-0.3, -0.25) is 10.1 Å². The summed E-state index contributed by atoms with van der Waals surface area (Å²) < 4.78 is 27.5. The molecule has 0 saturated carbocycles. The van der Waals surface area contributed by atoms with Gasteiger partial charge in [0.05, 0.1) is 11.0 Å². The lowest BCUT2D eigenvalue weighted by molar-refractivity contribution is -0.384. The van der Waals surface area contributed by atoms with E-state index < -0.39 is 11.5 Å². The van der Waals surface area contributed by atoms with Gasteiger partial charge in [-0.15, -0.1) is 0 Å². The van der Waals surface area contributed by atoms with E-state index in [4.69, 9.17) is 5.73 Å². The molecule has 0 bridgehead atoms. The Kier molecular flexibility index (Phi) is 2.80. The van der Waals surface area contributed by atoms with Gasteiger partial charge in [-0.25, -0.2) is 0 Å². The summed E-state index contributed by atoms with van der Waals surface area (Å²) in [5, 5.41) is 10.3. The van der Waals surface area contributed by atoms with Crippen LogP contribution in [-0.4, -0.2) is 11.5 Å². The molecule has 0 radical (unpaired) electrons. The molecule has 14 heavy (non-hydrogen) atoms. The first-order chi connectivity index (χ1) is 6.49. The van der Waals surface area contributed by atoms with Crippen molar-refractivity contribution in [2.24, 2.45) is 0 Å². The van der Waals surface area contributed by atoms with Crippen molar-refractivity contribution in [3.8, 4) is 5.75 Å². The summed E-state index contributed by atoms with van der Waals surface area (Å²) in [6.07, 6.45) is 0. The molecule has 0 fully saturated rings. The van der Waals surface area contributed by atoms with Gasteiger partial charge < -0.3 is 10.5 Å². The molecule has 0 aliphatic carbocycles. The summed E-state index contributed by atoms with van der Waals surface area (Å²) in [4.78, 5) is 9.56. The lowest BCUT2D eigenvalue weighted by atomic mass is 10.2. The number of halogens is 2. The molecular formula is C7H6F2N2O3. The van der Waals surface area contributed by atoms with Crippen LogP contribution in [0.3, 0.4) is 0 Å². The molecule has 0 unspecified atom stereocenters. The number of nitro groups is 1. The van der Waals surface area contributed by atoms with Gasteiger partial charge in [-0.05, 0) is 0 Å². The number of ether oxygens (including phenoxy) is 1. The molecular weight excluding hydrogens is 198 g/mol. The van der Waals surface area contributed by atoms with Crippen LogP contribution in [0.4, 0.5) is 20.2 Å². The molecule has 76 valence electrons. The molecule has 0 spiro atoms. The summed E-state index contributed by atoms with van der Waals surface area (Å²) in [5.74, 6) is -0.327. The van der Waals surface area contributed by atoms with Gasteiger partial charge in [0, 0.05) is 17.8 Å². The van der Waals surface area contributed by atoms with Crippen molar-refractivity contribution in [1.82, 2.24) is 0 Å². The van der Waals surface area contributed by atoms with Crippen LogP contribution in [0.25, 0.3) is 0 Å². The average Bonchev–Trinajstić information content (AvgIpc) is 2.01. The zero-order chi connectivity index (χ0) is 10.7. The zero-order valence-corrected chi connectivity index (χ0v) is 6.81. The van der Waals surface area contributed by atoms with Crippen molar-refractivity contribution in [3.05, 3.63) is 28.3 Å². The van der Waals surface area contributed by atoms with E-state index in [1.165, 1.54) is 0 Å². The first-order valence-corrected chi connectivity index (χ1v) is 3.49. The number of nitro benzene ring substituents is 1. The Balaban J connectivity index is 3.01. The number of hydrogen-bond donors (Lipinski definition) is 1. The van der Waals surface area contributed by atoms with Gasteiger partial charge in [-0.2, -0.15) is 8.78 Å². The first-order valence-electron chi connectivity index (χ1n) is 3.49. The number of nitrogens with zero attached hydrogens (tertiary/aromatic N) is 1. The second-order valence-electron chi connectivity index (χ2n) is 2.40. The fourth-order valence-electron chi connectivity index (χ4n) is 0.882. The summed E-state index contributed by atoms with van der Waals surface area (Å²) >= 11 is 0. The lowest BCUT2D eigenvalue weighted by Crippen LogP contribution is -2.03. The molecule has 7 heteroatoms. The first kappa shape index (κ1) is 10.2. The van der Waals surface area contributed by atoms with E-state index >= 15 is 0 Å². The quantitative estimate of drug-likeness (QED) is 0.462. The Morgan fingerprint density at radius 1 is 1.43 bits per heavy atom. The van der Waals surface area contributed by atoms with Gasteiger partial charge in [0.25, 0.3) is 5.69 Å². The van der Waals surface area contributed by atoms with E-state index in [1.54, 1.807) is 0 Å². The predicted molar refractivity (Wildman–Crippen MR) is 44.1 cm³/mol. The topological polar surface area (TPSA) is 78.4 Å². The number of nitrogens with two attached hydrogens (primary N) is 1. The second kappa shape index (κ2) is 3.86. The van der Waals surface area contributed by atoms with Crippen LogP contribution in [0.15, 0.2) is 18.2 Å². The van der Waals surface area contributed by atoms with E-state index in [9.17, 15) is 18.9 Å². The maximum Gasteiger partial charge on any atom is 0.387 e. The van der Waals surface area contributed by atoms with Gasteiger partial charge in [-0.1, -0.05) is 0 Å². The number of benzene rings is 1. The molecule has 1 aromatic carbocycles. The van der Waals surface area contributed by atoms with Crippen LogP contribution in [0.5, 0.6) is 5.75 Å². The van der Waals surface area contributed by atoms with Crippen molar-refractivity contribution in [2.45, 2.75) is 6.61 Å². The fraction of sp³-hybridized carbons (Fsp3) is 0.143. The molecule has 0 heterocycles. The maximum atomic E-state index is 11.8. The standard InChI is InChI=1S/C7H6F2N2O3/c8-7(9)14-6-2-4(10)1-5(3-6)11(12)13/h1-3,7H,10H2. The fourth-order valence-corrected chi connectivity index (χ4v) is 0.882. The summed E-state index contributed by atoms with van der Waals surface area (Å²) in [6.45, 7) is -3.03. The predicted octanol–water partition coefficient (Wildman–Crippen LogP) is 1.78. The molecule has 1 aromatic rings. The number of nitrogen functional groups attached to an aromatic ring is 1. The summed E-state index contributed by atoms with van der Waals surface area (Å²) in [5.41, 5.74) is 4.85. The van der Waals surface area contributed by atoms with E-state index in [0.29, 0.717) is 0 Å². The zero-order valence-electron chi connectivity index (χ0n) is 6.81. The average molecular weight is 204 g/mol.